The van der Waals surface area contributed by atoms with Gasteiger partial charge in [-0.15, -0.1) is 0 Å². The maximum atomic E-state index is 12.7. The second-order valence-corrected chi connectivity index (χ2v) is 6.59. The molecule has 0 unspecified atom stereocenters. The van der Waals surface area contributed by atoms with E-state index in [-0.39, 0.29) is 11.9 Å². The second-order valence-electron chi connectivity index (χ2n) is 6.59. The highest BCUT2D eigenvalue weighted by Crippen LogP contribution is 2.31. The summed E-state index contributed by atoms with van der Waals surface area (Å²) in [6.07, 6.45) is 1.70. The van der Waals surface area contributed by atoms with E-state index in [1.165, 1.54) is 5.56 Å². The normalized spacial score (nSPS) is 18.1. The van der Waals surface area contributed by atoms with E-state index in [1.54, 1.807) is 26.5 Å². The second kappa shape index (κ2) is 7.74. The molecular weight excluding hydrogens is 330 g/mol. The summed E-state index contributed by atoms with van der Waals surface area (Å²) in [5, 5.41) is 0. The molecule has 1 atom stereocenters. The molecule has 1 aliphatic rings. The number of hydrogen-bond donors (Lipinski definition) is 0. The molecule has 26 heavy (non-hydrogen) atoms. The van der Waals surface area contributed by atoms with Crippen LogP contribution in [0.3, 0.4) is 0 Å². The lowest BCUT2D eigenvalue weighted by molar-refractivity contribution is -0.122. The molecule has 1 aromatic heterocycles. The lowest BCUT2D eigenvalue weighted by Gasteiger charge is -2.39. The molecule has 1 saturated heterocycles. The Balaban J connectivity index is 1.76. The monoisotopic (exact) mass is 355 g/mol. The highest BCUT2D eigenvalue weighted by atomic mass is 16.5. The van der Waals surface area contributed by atoms with Crippen LogP contribution in [-0.2, 0) is 11.3 Å². The molecule has 2 aromatic rings. The number of carbonyl (C=O) groups excluding carboxylic acids is 1. The lowest BCUT2D eigenvalue weighted by atomic mass is 10.1. The third-order valence-corrected chi connectivity index (χ3v) is 4.77. The van der Waals surface area contributed by atoms with Crippen LogP contribution >= 0.6 is 0 Å². The number of aromatic nitrogens is 1. The Hall–Kier alpha value is -2.60. The number of piperazine rings is 1. The van der Waals surface area contributed by atoms with Crippen molar-refractivity contribution in [3.63, 3.8) is 0 Å². The van der Waals surface area contributed by atoms with Gasteiger partial charge in [0.05, 0.1) is 20.8 Å². The molecule has 138 valence electrons. The van der Waals surface area contributed by atoms with Crippen LogP contribution in [0.15, 0.2) is 36.5 Å². The Morgan fingerprint density at radius 1 is 1.15 bits per heavy atom. The van der Waals surface area contributed by atoms with Crippen LogP contribution in [0.25, 0.3) is 0 Å². The van der Waals surface area contributed by atoms with E-state index >= 15 is 0 Å². The molecular formula is C20H25N3O3. The van der Waals surface area contributed by atoms with Crippen molar-refractivity contribution < 1.29 is 14.3 Å². The number of aryl methyl sites for hydroxylation is 1. The molecule has 6 heteroatoms. The first-order chi connectivity index (χ1) is 12.5. The fourth-order valence-electron chi connectivity index (χ4n) is 3.24. The van der Waals surface area contributed by atoms with Crippen molar-refractivity contribution in [2.24, 2.45) is 0 Å². The molecule has 0 N–H and O–H groups in total. The number of benzene rings is 1. The van der Waals surface area contributed by atoms with E-state index in [0.717, 1.165) is 11.4 Å². The fraction of sp³-hybridized carbons (Fsp3) is 0.400. The summed E-state index contributed by atoms with van der Waals surface area (Å²) in [7, 11) is 3.21. The van der Waals surface area contributed by atoms with Gasteiger partial charge in [0.1, 0.15) is 5.69 Å². The zero-order valence-corrected chi connectivity index (χ0v) is 15.7. The summed E-state index contributed by atoms with van der Waals surface area (Å²) >= 11 is 0. The first kappa shape index (κ1) is 18.2. The first-order valence-electron chi connectivity index (χ1n) is 8.70. The molecule has 3 rings (SSSR count). The van der Waals surface area contributed by atoms with Gasteiger partial charge in [0.25, 0.3) is 0 Å². The molecule has 6 nitrogen and oxygen atoms in total. The van der Waals surface area contributed by atoms with Crippen molar-refractivity contribution in [1.29, 1.82) is 0 Å². The minimum absolute atomic E-state index is 0.0915. The van der Waals surface area contributed by atoms with Gasteiger partial charge < -0.3 is 14.4 Å². The molecule has 0 spiro atoms. The third kappa shape index (κ3) is 3.65. The van der Waals surface area contributed by atoms with Crippen molar-refractivity contribution in [3.05, 3.63) is 47.8 Å². The van der Waals surface area contributed by atoms with E-state index in [1.807, 2.05) is 36.1 Å². The predicted molar refractivity (Wildman–Crippen MR) is 101 cm³/mol. The Labute approximate surface area is 154 Å². The number of hydrogen-bond acceptors (Lipinski definition) is 5. The quantitative estimate of drug-likeness (QED) is 0.825. The van der Waals surface area contributed by atoms with Crippen molar-refractivity contribution in [2.45, 2.75) is 26.4 Å². The number of nitrogens with zero attached hydrogens (tertiary/aromatic N) is 3. The predicted octanol–water partition coefficient (Wildman–Crippen LogP) is 2.64. The molecule has 0 radical (unpaired) electrons. The summed E-state index contributed by atoms with van der Waals surface area (Å²) in [6, 6.07) is 10.0. The molecule has 2 heterocycles. The van der Waals surface area contributed by atoms with Crippen molar-refractivity contribution in [1.82, 2.24) is 9.88 Å². The average Bonchev–Trinajstić information content (AvgIpc) is 2.65. The van der Waals surface area contributed by atoms with Crippen LogP contribution in [0.2, 0.25) is 0 Å². The van der Waals surface area contributed by atoms with Crippen molar-refractivity contribution >= 4 is 11.6 Å². The fourth-order valence-corrected chi connectivity index (χ4v) is 3.24. The number of ether oxygens (including phenoxy) is 2. The molecule has 1 amide bonds. The summed E-state index contributed by atoms with van der Waals surface area (Å²) in [4.78, 5) is 21.1. The number of carbonyl (C=O) groups is 1. The summed E-state index contributed by atoms with van der Waals surface area (Å²) < 4.78 is 10.8. The van der Waals surface area contributed by atoms with Gasteiger partial charge in [-0.1, -0.05) is 17.7 Å². The Bertz CT molecular complexity index is 776. The van der Waals surface area contributed by atoms with Crippen LogP contribution in [-0.4, -0.2) is 49.1 Å². The van der Waals surface area contributed by atoms with E-state index < -0.39 is 0 Å². The summed E-state index contributed by atoms with van der Waals surface area (Å²) in [6.45, 7) is 5.70. The van der Waals surface area contributed by atoms with E-state index in [0.29, 0.717) is 31.1 Å². The summed E-state index contributed by atoms with van der Waals surface area (Å²) in [5.41, 5.74) is 2.91. The highest BCUT2D eigenvalue weighted by Gasteiger charge is 2.31. The Morgan fingerprint density at radius 3 is 2.54 bits per heavy atom. The summed E-state index contributed by atoms with van der Waals surface area (Å²) in [5.74, 6) is 1.36. The maximum absolute atomic E-state index is 12.7. The van der Waals surface area contributed by atoms with Gasteiger partial charge in [0.2, 0.25) is 5.91 Å². The van der Waals surface area contributed by atoms with Crippen LogP contribution in [0.5, 0.6) is 11.5 Å². The number of rotatable bonds is 5. The minimum Gasteiger partial charge on any atom is -0.493 e. The first-order valence-corrected chi connectivity index (χ1v) is 8.70. The highest BCUT2D eigenvalue weighted by molar-refractivity contribution is 5.95. The lowest BCUT2D eigenvalue weighted by Crippen LogP contribution is -2.54. The van der Waals surface area contributed by atoms with Gasteiger partial charge in [0.15, 0.2) is 11.5 Å². The van der Waals surface area contributed by atoms with Gasteiger partial charge in [-0.05, 0) is 26.0 Å². The largest absolute Gasteiger partial charge is 0.493 e. The van der Waals surface area contributed by atoms with Gasteiger partial charge >= 0.3 is 0 Å². The maximum Gasteiger partial charge on any atom is 0.241 e. The standard InChI is InChI=1S/C20H25N3O3/c1-14-5-7-16(8-6-14)23-11-15(2)22(13-19(23)24)12-17-20(26-4)18(25-3)9-10-21-17/h5-10,15H,11-13H2,1-4H3/t15-/m0/s1. The van der Waals surface area contributed by atoms with E-state index in [4.69, 9.17) is 9.47 Å². The average molecular weight is 355 g/mol. The molecule has 0 saturated carbocycles. The number of methoxy groups -OCH3 is 2. The number of anilines is 1. The SMILES string of the molecule is COc1ccnc(CN2CC(=O)N(c3ccc(C)cc3)C[C@@H]2C)c1OC. The van der Waals surface area contributed by atoms with E-state index in [9.17, 15) is 4.79 Å². The van der Waals surface area contributed by atoms with Gasteiger partial charge in [-0.3, -0.25) is 14.7 Å². The zero-order chi connectivity index (χ0) is 18.7. The molecule has 1 fully saturated rings. The van der Waals surface area contributed by atoms with Gasteiger partial charge in [-0.25, -0.2) is 0 Å². The molecule has 0 bridgehead atoms. The third-order valence-electron chi connectivity index (χ3n) is 4.77. The molecule has 1 aromatic carbocycles. The number of pyridine rings is 1. The Kier molecular flexibility index (Phi) is 5.42. The van der Waals surface area contributed by atoms with Crippen molar-refractivity contribution in [3.8, 4) is 11.5 Å². The Morgan fingerprint density at radius 2 is 1.88 bits per heavy atom. The van der Waals surface area contributed by atoms with Crippen LogP contribution in [0.4, 0.5) is 5.69 Å². The van der Waals surface area contributed by atoms with E-state index in [2.05, 4.69) is 16.8 Å². The minimum atomic E-state index is 0.0915. The smallest absolute Gasteiger partial charge is 0.241 e. The van der Waals surface area contributed by atoms with Crippen LogP contribution in [0, 0.1) is 6.92 Å². The topological polar surface area (TPSA) is 54.9 Å². The number of amides is 1. The van der Waals surface area contributed by atoms with Gasteiger partial charge in [-0.2, -0.15) is 0 Å². The van der Waals surface area contributed by atoms with Gasteiger partial charge in [0, 0.05) is 37.1 Å². The van der Waals surface area contributed by atoms with Crippen molar-refractivity contribution in [2.75, 3.05) is 32.2 Å². The molecule has 1 aliphatic heterocycles. The van der Waals surface area contributed by atoms with Crippen LogP contribution < -0.4 is 14.4 Å². The van der Waals surface area contributed by atoms with Crippen LogP contribution in [0.1, 0.15) is 18.2 Å². The molecule has 0 aliphatic carbocycles. The zero-order valence-electron chi connectivity index (χ0n) is 15.7.